The van der Waals surface area contributed by atoms with Crippen LogP contribution in [0.2, 0.25) is 0 Å². The molecule has 0 fully saturated rings. The monoisotopic (exact) mass is 267 g/mol. The summed E-state index contributed by atoms with van der Waals surface area (Å²) in [5.41, 5.74) is 1.89. The van der Waals surface area contributed by atoms with Gasteiger partial charge >= 0.3 is 5.97 Å². The smallest absolute Gasteiger partial charge is 0.328 e. The molecule has 0 aliphatic heterocycles. The molecule has 0 unspecified atom stereocenters. The van der Waals surface area contributed by atoms with Gasteiger partial charge in [-0.3, -0.25) is 4.79 Å². The first-order valence-corrected chi connectivity index (χ1v) is 6.02. The van der Waals surface area contributed by atoms with Crippen molar-refractivity contribution < 1.29 is 14.7 Å². The lowest BCUT2D eigenvalue weighted by Crippen LogP contribution is -2.11. The molecule has 4 heteroatoms. The fraction of sp³-hybridized carbons (Fsp3) is 0. The summed E-state index contributed by atoms with van der Waals surface area (Å²) in [6.45, 7) is 0. The van der Waals surface area contributed by atoms with Crippen molar-refractivity contribution in [2.45, 2.75) is 0 Å². The zero-order valence-electron chi connectivity index (χ0n) is 10.6. The molecule has 2 rings (SSSR count). The van der Waals surface area contributed by atoms with E-state index < -0.39 is 5.97 Å². The van der Waals surface area contributed by atoms with Gasteiger partial charge in [-0.1, -0.05) is 30.3 Å². The molecule has 1 amide bonds. The Hall–Kier alpha value is -2.88. The standard InChI is InChI=1S/C16H13NO3/c18-15(19)10-9-12-5-4-8-14(11-12)17-16(20)13-6-2-1-3-7-13/h1-11H,(H,17,20)(H,18,19). The van der Waals surface area contributed by atoms with Crippen molar-refractivity contribution in [1.82, 2.24) is 0 Å². The molecule has 0 aromatic heterocycles. The van der Waals surface area contributed by atoms with Crippen molar-refractivity contribution in [3.05, 3.63) is 71.8 Å². The summed E-state index contributed by atoms with van der Waals surface area (Å²) in [6, 6.07) is 15.8. The highest BCUT2D eigenvalue weighted by Gasteiger charge is 2.04. The number of amides is 1. The van der Waals surface area contributed by atoms with Gasteiger partial charge in [0.25, 0.3) is 5.91 Å². The number of anilines is 1. The van der Waals surface area contributed by atoms with E-state index in [1.54, 1.807) is 48.5 Å². The zero-order chi connectivity index (χ0) is 14.4. The number of hydrogen-bond acceptors (Lipinski definition) is 2. The maximum absolute atomic E-state index is 12.0. The Morgan fingerprint density at radius 1 is 1.00 bits per heavy atom. The lowest BCUT2D eigenvalue weighted by molar-refractivity contribution is -0.131. The molecule has 0 saturated carbocycles. The second-order valence-corrected chi connectivity index (χ2v) is 4.12. The van der Waals surface area contributed by atoms with Crippen molar-refractivity contribution in [2.24, 2.45) is 0 Å². The van der Waals surface area contributed by atoms with Crippen molar-refractivity contribution in [2.75, 3.05) is 5.32 Å². The zero-order valence-corrected chi connectivity index (χ0v) is 10.6. The summed E-state index contributed by atoms with van der Waals surface area (Å²) in [6.07, 6.45) is 2.53. The lowest BCUT2D eigenvalue weighted by atomic mass is 10.1. The van der Waals surface area contributed by atoms with E-state index in [9.17, 15) is 9.59 Å². The molecule has 2 aromatic rings. The Morgan fingerprint density at radius 2 is 1.75 bits per heavy atom. The molecule has 0 atom stereocenters. The van der Waals surface area contributed by atoms with Gasteiger partial charge in [0.1, 0.15) is 0 Å². The Morgan fingerprint density at radius 3 is 2.45 bits per heavy atom. The lowest BCUT2D eigenvalue weighted by Gasteiger charge is -2.05. The topological polar surface area (TPSA) is 66.4 Å². The highest BCUT2D eigenvalue weighted by atomic mass is 16.4. The average Bonchev–Trinajstić information content (AvgIpc) is 2.46. The van der Waals surface area contributed by atoms with E-state index in [0.29, 0.717) is 16.8 Å². The van der Waals surface area contributed by atoms with Crippen LogP contribution in [0.4, 0.5) is 5.69 Å². The van der Waals surface area contributed by atoms with E-state index in [2.05, 4.69) is 5.32 Å². The highest BCUT2D eigenvalue weighted by molar-refractivity contribution is 6.04. The summed E-state index contributed by atoms with van der Waals surface area (Å²) in [4.78, 5) is 22.4. The Kier molecular flexibility index (Phi) is 4.29. The predicted molar refractivity (Wildman–Crippen MR) is 77.5 cm³/mol. The molecule has 20 heavy (non-hydrogen) atoms. The van der Waals surface area contributed by atoms with Gasteiger partial charge in [0.05, 0.1) is 0 Å². The van der Waals surface area contributed by atoms with Crippen LogP contribution in [0.3, 0.4) is 0 Å². The third-order valence-corrected chi connectivity index (χ3v) is 2.60. The molecule has 0 spiro atoms. The molecular formula is C16H13NO3. The second-order valence-electron chi connectivity index (χ2n) is 4.12. The van der Waals surface area contributed by atoms with Crippen molar-refractivity contribution in [1.29, 1.82) is 0 Å². The number of carbonyl (C=O) groups is 2. The molecule has 0 bridgehead atoms. The van der Waals surface area contributed by atoms with Crippen LogP contribution in [0.25, 0.3) is 6.08 Å². The van der Waals surface area contributed by atoms with Crippen LogP contribution in [0.5, 0.6) is 0 Å². The summed E-state index contributed by atoms with van der Waals surface area (Å²) in [7, 11) is 0. The molecule has 4 nitrogen and oxygen atoms in total. The van der Waals surface area contributed by atoms with Gasteiger partial charge in [0, 0.05) is 17.3 Å². The molecule has 100 valence electrons. The van der Waals surface area contributed by atoms with Gasteiger partial charge in [0.2, 0.25) is 0 Å². The summed E-state index contributed by atoms with van der Waals surface area (Å²) in [5.74, 6) is -1.21. The average molecular weight is 267 g/mol. The van der Waals surface area contributed by atoms with Gasteiger partial charge in [-0.2, -0.15) is 0 Å². The number of carboxylic acid groups (broad SMARTS) is 1. The maximum atomic E-state index is 12.0. The fourth-order valence-corrected chi connectivity index (χ4v) is 1.68. The first kappa shape index (κ1) is 13.5. The van der Waals surface area contributed by atoms with Crippen LogP contribution < -0.4 is 5.32 Å². The second kappa shape index (κ2) is 6.33. The number of rotatable bonds is 4. The van der Waals surface area contributed by atoms with E-state index >= 15 is 0 Å². The molecule has 2 N–H and O–H groups in total. The maximum Gasteiger partial charge on any atom is 0.328 e. The molecule has 0 aliphatic rings. The third-order valence-electron chi connectivity index (χ3n) is 2.60. The largest absolute Gasteiger partial charge is 0.478 e. The molecule has 2 aromatic carbocycles. The fourth-order valence-electron chi connectivity index (χ4n) is 1.68. The van der Waals surface area contributed by atoms with E-state index in [1.807, 2.05) is 6.07 Å². The number of carboxylic acids is 1. The van der Waals surface area contributed by atoms with Crippen LogP contribution in [0.1, 0.15) is 15.9 Å². The normalized spacial score (nSPS) is 10.4. The summed E-state index contributed by atoms with van der Waals surface area (Å²) >= 11 is 0. The van der Waals surface area contributed by atoms with E-state index in [-0.39, 0.29) is 5.91 Å². The van der Waals surface area contributed by atoms with Crippen molar-refractivity contribution >= 4 is 23.6 Å². The van der Waals surface area contributed by atoms with Crippen LogP contribution >= 0.6 is 0 Å². The van der Waals surface area contributed by atoms with Gasteiger partial charge in [-0.05, 0) is 35.9 Å². The van der Waals surface area contributed by atoms with E-state index in [4.69, 9.17) is 5.11 Å². The first-order chi connectivity index (χ1) is 9.65. The quantitative estimate of drug-likeness (QED) is 0.837. The Bertz CT molecular complexity index is 648. The minimum absolute atomic E-state index is 0.204. The van der Waals surface area contributed by atoms with Crippen LogP contribution in [-0.2, 0) is 4.79 Å². The Balaban J connectivity index is 2.12. The number of nitrogens with one attached hydrogen (secondary N) is 1. The van der Waals surface area contributed by atoms with E-state index in [0.717, 1.165) is 6.08 Å². The van der Waals surface area contributed by atoms with Gasteiger partial charge in [0.15, 0.2) is 0 Å². The minimum atomic E-state index is -1.01. The SMILES string of the molecule is O=C(O)C=Cc1cccc(NC(=O)c2ccccc2)c1. The molecule has 0 heterocycles. The first-order valence-electron chi connectivity index (χ1n) is 6.02. The Labute approximate surface area is 116 Å². The van der Waals surface area contributed by atoms with Crippen LogP contribution in [0.15, 0.2) is 60.7 Å². The predicted octanol–water partition coefficient (Wildman–Crippen LogP) is 3.04. The summed E-state index contributed by atoms with van der Waals surface area (Å²) < 4.78 is 0. The minimum Gasteiger partial charge on any atom is -0.478 e. The highest BCUT2D eigenvalue weighted by Crippen LogP contribution is 2.13. The van der Waals surface area contributed by atoms with Crippen molar-refractivity contribution in [3.63, 3.8) is 0 Å². The third kappa shape index (κ3) is 3.81. The number of aliphatic carboxylic acids is 1. The van der Waals surface area contributed by atoms with Crippen LogP contribution in [-0.4, -0.2) is 17.0 Å². The molecule has 0 saturated heterocycles. The molecule has 0 radical (unpaired) electrons. The van der Waals surface area contributed by atoms with E-state index in [1.165, 1.54) is 6.08 Å². The van der Waals surface area contributed by atoms with Gasteiger partial charge in [-0.15, -0.1) is 0 Å². The van der Waals surface area contributed by atoms with Crippen molar-refractivity contribution in [3.8, 4) is 0 Å². The van der Waals surface area contributed by atoms with Gasteiger partial charge < -0.3 is 10.4 Å². The molecule has 0 aliphatic carbocycles. The number of benzene rings is 2. The molecular weight excluding hydrogens is 254 g/mol. The summed E-state index contributed by atoms with van der Waals surface area (Å²) in [5, 5.41) is 11.3. The number of carbonyl (C=O) groups excluding carboxylic acids is 1. The van der Waals surface area contributed by atoms with Crippen LogP contribution in [0, 0.1) is 0 Å². The van der Waals surface area contributed by atoms with Gasteiger partial charge in [-0.25, -0.2) is 4.79 Å². The number of hydrogen-bond donors (Lipinski definition) is 2.